The minimum absolute atomic E-state index is 0.116. The predicted octanol–water partition coefficient (Wildman–Crippen LogP) is 4.92. The van der Waals surface area contributed by atoms with Gasteiger partial charge in [0.1, 0.15) is 0 Å². The molecule has 2 rings (SSSR count). The fraction of sp³-hybridized carbons (Fsp3) is 0.857. The molecule has 0 aromatic rings. The zero-order chi connectivity index (χ0) is 29.2. The molecule has 2 fully saturated rings. The number of carbonyl (C=O) groups is 2. The Morgan fingerprint density at radius 3 is 2.35 bits per heavy atom. The number of allylic oxidation sites excluding steroid dienone is 1. The van der Waals surface area contributed by atoms with Gasteiger partial charge in [0.2, 0.25) is 5.91 Å². The number of hydrogen-bond acceptors (Lipinski definition) is 6. The largest absolute Gasteiger partial charge is 0.469 e. The molecule has 5 atom stereocenters. The smallest absolute Gasteiger partial charge is 0.387 e. The summed E-state index contributed by atoms with van der Waals surface area (Å²) >= 11 is 1.83. The van der Waals surface area contributed by atoms with Crippen LogP contribution in [0.15, 0.2) is 12.2 Å². The summed E-state index contributed by atoms with van der Waals surface area (Å²) in [7, 11) is -4.74. The van der Waals surface area contributed by atoms with Gasteiger partial charge in [-0.25, -0.2) is 9.36 Å². The van der Waals surface area contributed by atoms with Crippen molar-refractivity contribution in [1.29, 1.82) is 0 Å². The van der Waals surface area contributed by atoms with Crippen LogP contribution in [0.1, 0.15) is 110 Å². The van der Waals surface area contributed by atoms with Gasteiger partial charge in [0.05, 0.1) is 30.8 Å². The number of phosphoric ester groups is 1. The van der Waals surface area contributed by atoms with E-state index in [1.54, 1.807) is 6.08 Å². The van der Waals surface area contributed by atoms with E-state index in [-0.39, 0.29) is 30.4 Å². The summed E-state index contributed by atoms with van der Waals surface area (Å²) < 4.78 is 15.8. The number of phosphoric acid groups is 1. The third-order valence-corrected chi connectivity index (χ3v) is 9.56. The highest BCUT2D eigenvalue weighted by atomic mass is 32.2. The summed E-state index contributed by atoms with van der Waals surface area (Å²) in [5.41, 5.74) is 0. The molecule has 2 aliphatic heterocycles. The van der Waals surface area contributed by atoms with Gasteiger partial charge in [-0.3, -0.25) is 9.32 Å². The second kappa shape index (κ2) is 19.9. The first-order valence-electron chi connectivity index (χ1n) is 15.2. The van der Waals surface area contributed by atoms with Gasteiger partial charge in [-0.2, -0.15) is 11.8 Å². The van der Waals surface area contributed by atoms with Crippen LogP contribution in [0.25, 0.3) is 0 Å². The van der Waals surface area contributed by atoms with Crippen LogP contribution < -0.4 is 16.0 Å². The van der Waals surface area contributed by atoms with Crippen molar-refractivity contribution in [2.45, 2.75) is 139 Å². The highest BCUT2D eigenvalue weighted by Gasteiger charge is 2.42. The number of thioether (sulfide) groups is 1. The van der Waals surface area contributed by atoms with Gasteiger partial charge in [0.25, 0.3) is 0 Å². The van der Waals surface area contributed by atoms with E-state index >= 15 is 0 Å². The fourth-order valence-electron chi connectivity index (χ4n) is 5.25. The molecule has 40 heavy (non-hydrogen) atoms. The number of rotatable bonds is 23. The fourth-order valence-corrected chi connectivity index (χ4v) is 7.15. The molecule has 3 amide bonds. The summed E-state index contributed by atoms with van der Waals surface area (Å²) in [5, 5.41) is 19.5. The molecular weight excluding hydrogens is 553 g/mol. The number of aliphatic hydroxyl groups is 1. The molecule has 2 saturated heterocycles. The normalized spacial score (nSPS) is 22.2. The maximum Gasteiger partial charge on any atom is 0.469 e. The van der Waals surface area contributed by atoms with Gasteiger partial charge in [0, 0.05) is 17.4 Å². The number of aliphatic hydroxyl groups excluding tert-OH is 1. The lowest BCUT2D eigenvalue weighted by Gasteiger charge is -2.22. The zero-order valence-electron chi connectivity index (χ0n) is 24.1. The van der Waals surface area contributed by atoms with Crippen LogP contribution in [0.2, 0.25) is 0 Å². The van der Waals surface area contributed by atoms with E-state index in [2.05, 4.69) is 27.4 Å². The Morgan fingerprint density at radius 2 is 1.70 bits per heavy atom. The van der Waals surface area contributed by atoms with E-state index in [1.807, 2.05) is 17.8 Å². The maximum atomic E-state index is 12.5. The number of amides is 3. The van der Waals surface area contributed by atoms with Crippen molar-refractivity contribution in [1.82, 2.24) is 16.0 Å². The van der Waals surface area contributed by atoms with Crippen LogP contribution >= 0.6 is 19.6 Å². The van der Waals surface area contributed by atoms with Crippen molar-refractivity contribution >= 4 is 31.5 Å². The summed E-state index contributed by atoms with van der Waals surface area (Å²) in [6, 6.07) is -0.771. The van der Waals surface area contributed by atoms with E-state index in [4.69, 9.17) is 9.79 Å². The molecule has 10 nitrogen and oxygen atoms in total. The predicted molar refractivity (Wildman–Crippen MR) is 160 cm³/mol. The van der Waals surface area contributed by atoms with Crippen LogP contribution in [-0.4, -0.2) is 68.7 Å². The molecule has 0 aromatic carbocycles. The molecule has 2 heterocycles. The quantitative estimate of drug-likeness (QED) is 0.0415. The molecule has 232 valence electrons. The topological polar surface area (TPSA) is 157 Å². The van der Waals surface area contributed by atoms with Crippen molar-refractivity contribution in [3.05, 3.63) is 12.2 Å². The second-order valence-electron chi connectivity index (χ2n) is 11.1. The Hall–Kier alpha value is -1.10. The Balaban J connectivity index is 1.61. The summed E-state index contributed by atoms with van der Waals surface area (Å²) in [6.45, 7) is 1.74. The Labute approximate surface area is 244 Å². The van der Waals surface area contributed by atoms with Gasteiger partial charge in [-0.15, -0.1) is 0 Å². The Bertz CT molecular complexity index is 813. The molecule has 0 saturated carbocycles. The van der Waals surface area contributed by atoms with Crippen LogP contribution in [0.3, 0.4) is 0 Å². The number of unbranched alkanes of at least 4 members (excludes halogenated alkanes) is 12. The number of carbonyl (C=O) groups excluding carboxylic acids is 2. The van der Waals surface area contributed by atoms with Gasteiger partial charge in [-0.1, -0.05) is 89.7 Å². The van der Waals surface area contributed by atoms with Crippen molar-refractivity contribution in [3.8, 4) is 0 Å². The molecule has 12 heteroatoms. The third-order valence-electron chi connectivity index (χ3n) is 7.57. The summed E-state index contributed by atoms with van der Waals surface area (Å²) in [4.78, 5) is 42.2. The average Bonchev–Trinajstić information content (AvgIpc) is 3.45. The van der Waals surface area contributed by atoms with E-state index in [1.165, 1.54) is 57.8 Å². The van der Waals surface area contributed by atoms with Crippen LogP contribution in [-0.2, 0) is 13.9 Å². The van der Waals surface area contributed by atoms with E-state index in [0.717, 1.165) is 37.9 Å². The highest BCUT2D eigenvalue weighted by molar-refractivity contribution is 8.00. The van der Waals surface area contributed by atoms with Crippen molar-refractivity contribution in [2.75, 3.05) is 12.4 Å². The summed E-state index contributed by atoms with van der Waals surface area (Å²) in [6.07, 6.45) is 19.5. The molecule has 0 aromatic heterocycles. The van der Waals surface area contributed by atoms with Gasteiger partial charge >= 0.3 is 13.9 Å². The first-order chi connectivity index (χ1) is 19.2. The first kappa shape index (κ1) is 35.1. The average molecular weight is 606 g/mol. The second-order valence-corrected chi connectivity index (χ2v) is 13.6. The van der Waals surface area contributed by atoms with E-state index < -0.39 is 26.6 Å². The Morgan fingerprint density at radius 1 is 1.05 bits per heavy atom. The lowest BCUT2D eigenvalue weighted by molar-refractivity contribution is -0.123. The van der Waals surface area contributed by atoms with E-state index in [9.17, 15) is 19.3 Å². The molecular formula is C28H52N3O7PS. The lowest BCUT2D eigenvalue weighted by Crippen LogP contribution is -2.45. The molecule has 0 aliphatic carbocycles. The molecule has 2 aliphatic rings. The highest BCUT2D eigenvalue weighted by Crippen LogP contribution is 2.36. The van der Waals surface area contributed by atoms with Crippen LogP contribution in [0, 0.1) is 0 Å². The van der Waals surface area contributed by atoms with Crippen molar-refractivity contribution in [3.63, 3.8) is 0 Å². The van der Waals surface area contributed by atoms with Crippen LogP contribution in [0.4, 0.5) is 4.79 Å². The van der Waals surface area contributed by atoms with Gasteiger partial charge in [-0.05, 0) is 25.7 Å². The number of nitrogens with one attached hydrogen (secondary N) is 3. The molecule has 6 N–H and O–H groups in total. The van der Waals surface area contributed by atoms with Gasteiger partial charge < -0.3 is 30.8 Å². The maximum absolute atomic E-state index is 12.5. The number of hydrogen-bond donors (Lipinski definition) is 6. The lowest BCUT2D eigenvalue weighted by atomic mass is 10.0. The molecule has 3 unspecified atom stereocenters. The third kappa shape index (κ3) is 15.2. The SMILES string of the molecule is CCCCCCCCCCCCC/C=C/[C@@H](O)C(COP(=O)(O)O)NC(=O)CCCC[C@H]1SCC2NC(=O)NC21. The first-order valence-corrected chi connectivity index (χ1v) is 17.8. The zero-order valence-corrected chi connectivity index (χ0v) is 25.8. The molecule has 0 spiro atoms. The van der Waals surface area contributed by atoms with Crippen molar-refractivity contribution in [2.24, 2.45) is 0 Å². The van der Waals surface area contributed by atoms with Crippen molar-refractivity contribution < 1.29 is 33.6 Å². The monoisotopic (exact) mass is 605 g/mol. The molecule has 0 radical (unpaired) electrons. The van der Waals surface area contributed by atoms with Crippen LogP contribution in [0.5, 0.6) is 0 Å². The minimum atomic E-state index is -4.74. The molecule has 0 bridgehead atoms. The summed E-state index contributed by atoms with van der Waals surface area (Å²) in [5.74, 6) is 0.588. The Kier molecular flexibility index (Phi) is 17.5. The standard InChI is InChI=1S/C28H52N3O7PS/c1-2-3-4-5-6-7-8-9-10-11-12-13-14-17-24(32)22(20-38-39(35,36)37)29-26(33)19-16-15-18-25-27-23(21-40-25)30-28(34)31-27/h14,17,22-25,27,32H,2-13,15-16,18-21H2,1H3,(H,29,33)(H2,30,31,34)(H2,35,36,37)/b17-14+/t22?,23?,24-,25-,27?/m1/s1. The minimum Gasteiger partial charge on any atom is -0.387 e. The number of urea groups is 1. The van der Waals surface area contributed by atoms with E-state index in [0.29, 0.717) is 11.7 Å². The van der Waals surface area contributed by atoms with Gasteiger partial charge in [0.15, 0.2) is 0 Å². The number of fused-ring (bicyclic) bond motifs is 1.